The van der Waals surface area contributed by atoms with Crippen LogP contribution in [0.1, 0.15) is 37.4 Å². The molecule has 1 rings (SSSR count). The van der Waals surface area contributed by atoms with Gasteiger partial charge in [-0.05, 0) is 25.8 Å². The second-order valence-electron chi connectivity index (χ2n) is 4.50. The highest BCUT2D eigenvalue weighted by atomic mass is 16.6. The molecule has 0 aliphatic rings. The van der Waals surface area contributed by atoms with E-state index in [2.05, 4.69) is 5.32 Å². The molecule has 0 spiro atoms. The van der Waals surface area contributed by atoms with Crippen molar-refractivity contribution in [2.75, 3.05) is 6.54 Å². The van der Waals surface area contributed by atoms with Crippen molar-refractivity contribution in [3.63, 3.8) is 0 Å². The minimum Gasteiger partial charge on any atom is -0.392 e. The van der Waals surface area contributed by atoms with Crippen LogP contribution in [0.15, 0.2) is 18.2 Å². The van der Waals surface area contributed by atoms with E-state index in [-0.39, 0.29) is 22.8 Å². The molecule has 0 aliphatic carbocycles. The van der Waals surface area contributed by atoms with Crippen molar-refractivity contribution in [2.45, 2.75) is 39.3 Å². The Bertz CT molecular complexity index is 421. The highest BCUT2D eigenvalue weighted by Crippen LogP contribution is 2.23. The maximum atomic E-state index is 10.9. The Balaban J connectivity index is 2.77. The van der Waals surface area contributed by atoms with Crippen molar-refractivity contribution in [1.29, 1.82) is 0 Å². The number of rotatable bonds is 6. The topological polar surface area (TPSA) is 75.4 Å². The molecule has 2 N–H and O–H groups in total. The van der Waals surface area contributed by atoms with Crippen LogP contribution < -0.4 is 5.32 Å². The summed E-state index contributed by atoms with van der Waals surface area (Å²) in [7, 11) is 0. The number of aliphatic hydroxyl groups is 1. The monoisotopic (exact) mass is 252 g/mol. The number of nitrogens with zero attached hydrogens (tertiary/aromatic N) is 1. The van der Waals surface area contributed by atoms with Gasteiger partial charge in [-0.2, -0.15) is 0 Å². The van der Waals surface area contributed by atoms with Gasteiger partial charge in [0.25, 0.3) is 5.69 Å². The van der Waals surface area contributed by atoms with Crippen LogP contribution in [0, 0.1) is 17.0 Å². The van der Waals surface area contributed by atoms with Gasteiger partial charge < -0.3 is 10.4 Å². The summed E-state index contributed by atoms with van der Waals surface area (Å²) < 4.78 is 0. The quantitative estimate of drug-likeness (QED) is 0.602. The minimum absolute atomic E-state index is 0.0227. The number of hydrogen-bond acceptors (Lipinski definition) is 4. The van der Waals surface area contributed by atoms with E-state index in [0.717, 1.165) is 5.56 Å². The molecule has 0 saturated carbocycles. The first-order chi connectivity index (χ1) is 8.45. The van der Waals surface area contributed by atoms with Gasteiger partial charge in [0.2, 0.25) is 0 Å². The van der Waals surface area contributed by atoms with E-state index >= 15 is 0 Å². The molecule has 0 bridgehead atoms. The fourth-order valence-electron chi connectivity index (χ4n) is 1.67. The Hall–Kier alpha value is -1.46. The van der Waals surface area contributed by atoms with Gasteiger partial charge in [-0.15, -0.1) is 0 Å². The van der Waals surface area contributed by atoms with E-state index < -0.39 is 0 Å². The lowest BCUT2D eigenvalue weighted by molar-refractivity contribution is -0.385. The molecule has 0 aromatic heterocycles. The molecule has 5 nitrogen and oxygen atoms in total. The molecular weight excluding hydrogens is 232 g/mol. The molecule has 2 atom stereocenters. The number of hydrogen-bond donors (Lipinski definition) is 2. The summed E-state index contributed by atoms with van der Waals surface area (Å²) in [5.74, 6) is 0. The lowest BCUT2D eigenvalue weighted by atomic mass is 10.0. The molecule has 0 aliphatic heterocycles. The average molecular weight is 252 g/mol. The average Bonchev–Trinajstić information content (AvgIpc) is 2.35. The van der Waals surface area contributed by atoms with E-state index in [1.807, 2.05) is 19.9 Å². The Morgan fingerprint density at radius 1 is 1.50 bits per heavy atom. The van der Waals surface area contributed by atoms with Gasteiger partial charge in [-0.3, -0.25) is 10.1 Å². The Labute approximate surface area is 107 Å². The lowest BCUT2D eigenvalue weighted by Gasteiger charge is -2.16. The van der Waals surface area contributed by atoms with Crippen molar-refractivity contribution in [2.24, 2.45) is 0 Å². The van der Waals surface area contributed by atoms with Crippen molar-refractivity contribution < 1.29 is 10.0 Å². The van der Waals surface area contributed by atoms with E-state index in [1.165, 1.54) is 0 Å². The first-order valence-corrected chi connectivity index (χ1v) is 6.12. The van der Waals surface area contributed by atoms with Gasteiger partial charge in [0.15, 0.2) is 0 Å². The van der Waals surface area contributed by atoms with Crippen LogP contribution in [-0.2, 0) is 0 Å². The van der Waals surface area contributed by atoms with Crippen LogP contribution in [0.4, 0.5) is 5.69 Å². The van der Waals surface area contributed by atoms with E-state index in [4.69, 9.17) is 0 Å². The molecule has 5 heteroatoms. The highest BCUT2D eigenvalue weighted by Gasteiger charge is 2.14. The zero-order valence-corrected chi connectivity index (χ0v) is 11.0. The van der Waals surface area contributed by atoms with Crippen LogP contribution in [0.25, 0.3) is 0 Å². The number of benzene rings is 1. The fraction of sp³-hybridized carbons (Fsp3) is 0.538. The van der Waals surface area contributed by atoms with Crippen LogP contribution in [0.3, 0.4) is 0 Å². The highest BCUT2D eigenvalue weighted by molar-refractivity contribution is 5.43. The number of aryl methyl sites for hydroxylation is 1. The zero-order valence-electron chi connectivity index (χ0n) is 11.0. The number of nitro groups is 1. The molecule has 0 fully saturated rings. The summed E-state index contributed by atoms with van der Waals surface area (Å²) in [4.78, 5) is 10.5. The summed E-state index contributed by atoms with van der Waals surface area (Å²) in [6, 6.07) is 5.19. The van der Waals surface area contributed by atoms with Gasteiger partial charge in [-0.1, -0.05) is 19.1 Å². The largest absolute Gasteiger partial charge is 0.392 e. The third-order valence-corrected chi connectivity index (χ3v) is 3.06. The van der Waals surface area contributed by atoms with Crippen LogP contribution in [0.2, 0.25) is 0 Å². The first kappa shape index (κ1) is 14.6. The van der Waals surface area contributed by atoms with Crippen molar-refractivity contribution in [1.82, 2.24) is 5.32 Å². The van der Waals surface area contributed by atoms with Crippen molar-refractivity contribution in [3.05, 3.63) is 39.4 Å². The standard InChI is InChI=1S/C13H20N2O3/c1-4-12(16)8-14-10(3)11-6-5-9(2)13(7-11)15(17)18/h5-7,10,12,14,16H,4,8H2,1-3H3/t10-,12-/m1/s1. The smallest absolute Gasteiger partial charge is 0.272 e. The first-order valence-electron chi connectivity index (χ1n) is 6.12. The number of nitrogens with one attached hydrogen (secondary N) is 1. The zero-order chi connectivity index (χ0) is 13.7. The van der Waals surface area contributed by atoms with Crippen molar-refractivity contribution >= 4 is 5.69 Å². The minimum atomic E-state index is -0.382. The Morgan fingerprint density at radius 2 is 2.17 bits per heavy atom. The third kappa shape index (κ3) is 3.78. The molecule has 1 aromatic rings. The van der Waals surface area contributed by atoms with Gasteiger partial charge in [0.05, 0.1) is 11.0 Å². The Morgan fingerprint density at radius 3 is 2.72 bits per heavy atom. The van der Waals surface area contributed by atoms with Crippen LogP contribution >= 0.6 is 0 Å². The van der Waals surface area contributed by atoms with Gasteiger partial charge >= 0.3 is 0 Å². The van der Waals surface area contributed by atoms with Crippen molar-refractivity contribution in [3.8, 4) is 0 Å². The predicted molar refractivity (Wildman–Crippen MR) is 70.5 cm³/mol. The SMILES string of the molecule is CC[C@@H](O)CN[C@H](C)c1ccc(C)c([N+](=O)[O-])c1. The summed E-state index contributed by atoms with van der Waals surface area (Å²) in [5.41, 5.74) is 1.65. The fourth-order valence-corrected chi connectivity index (χ4v) is 1.67. The second-order valence-corrected chi connectivity index (χ2v) is 4.50. The van der Waals surface area contributed by atoms with Crippen LogP contribution in [0.5, 0.6) is 0 Å². The summed E-state index contributed by atoms with van der Waals surface area (Å²) in [5, 5.41) is 23.5. The molecule has 0 radical (unpaired) electrons. The number of nitro benzene ring substituents is 1. The predicted octanol–water partition coefficient (Wildman–Crippen LogP) is 2.32. The molecule has 18 heavy (non-hydrogen) atoms. The number of aliphatic hydroxyl groups excluding tert-OH is 1. The summed E-state index contributed by atoms with van der Waals surface area (Å²) in [6.07, 6.45) is 0.307. The molecular formula is C13H20N2O3. The van der Waals surface area contributed by atoms with Crippen LogP contribution in [-0.4, -0.2) is 22.7 Å². The van der Waals surface area contributed by atoms with E-state index in [0.29, 0.717) is 18.5 Å². The lowest BCUT2D eigenvalue weighted by Crippen LogP contribution is -2.28. The van der Waals surface area contributed by atoms with E-state index in [9.17, 15) is 15.2 Å². The summed E-state index contributed by atoms with van der Waals surface area (Å²) >= 11 is 0. The molecule has 1 aromatic carbocycles. The van der Waals surface area contributed by atoms with Gasteiger partial charge in [0, 0.05) is 24.2 Å². The maximum absolute atomic E-state index is 10.9. The molecule has 0 amide bonds. The molecule has 0 heterocycles. The third-order valence-electron chi connectivity index (χ3n) is 3.06. The van der Waals surface area contributed by atoms with Gasteiger partial charge in [-0.25, -0.2) is 0 Å². The summed E-state index contributed by atoms with van der Waals surface area (Å²) in [6.45, 7) is 6.05. The molecule has 100 valence electrons. The Kier molecular flexibility index (Phi) is 5.25. The normalized spacial score (nSPS) is 14.2. The molecule has 0 saturated heterocycles. The maximum Gasteiger partial charge on any atom is 0.272 e. The van der Waals surface area contributed by atoms with E-state index in [1.54, 1.807) is 19.1 Å². The second kappa shape index (κ2) is 6.47. The van der Waals surface area contributed by atoms with Gasteiger partial charge in [0.1, 0.15) is 0 Å². The molecule has 0 unspecified atom stereocenters.